The molecule has 0 aromatic carbocycles. The molecule has 5 atom stereocenters. The predicted molar refractivity (Wildman–Crippen MR) is 176 cm³/mol. The van der Waals surface area contributed by atoms with Crippen molar-refractivity contribution >= 4 is 11.9 Å². The van der Waals surface area contributed by atoms with Gasteiger partial charge in [-0.05, 0) is 41.5 Å². The highest BCUT2D eigenvalue weighted by Crippen LogP contribution is 2.22. The van der Waals surface area contributed by atoms with E-state index in [4.69, 9.17) is 14.6 Å². The fraction of sp³-hybridized carbons (Fsp3) is 0.333. The third kappa shape index (κ3) is 15.4. The van der Waals surface area contributed by atoms with E-state index in [2.05, 4.69) is 0 Å². The Bertz CT molecular complexity index is 1340. The molecule has 1 heterocycles. The molecule has 45 heavy (non-hydrogen) atoms. The summed E-state index contributed by atoms with van der Waals surface area (Å²) in [6.45, 7) is 10.3. The molecule has 9 heteroatoms. The number of carbonyl (C=O) groups excluding carboxylic acids is 1. The first-order valence-corrected chi connectivity index (χ1v) is 14.4. The Morgan fingerprint density at radius 1 is 0.600 bits per heavy atom. The number of aliphatic hydroxyl groups excluding tert-OH is 4. The average molecular weight is 623 g/mol. The molecule has 0 saturated carbocycles. The minimum atomic E-state index is -1.66. The van der Waals surface area contributed by atoms with E-state index >= 15 is 0 Å². The molecule has 1 fully saturated rings. The van der Waals surface area contributed by atoms with Crippen LogP contribution in [0.4, 0.5) is 0 Å². The normalized spacial score (nSPS) is 25.1. The second-order valence-electron chi connectivity index (χ2n) is 10.6. The highest BCUT2D eigenvalue weighted by Gasteiger charge is 2.45. The van der Waals surface area contributed by atoms with Crippen molar-refractivity contribution in [3.8, 4) is 0 Å². The zero-order valence-electron chi connectivity index (χ0n) is 26.7. The van der Waals surface area contributed by atoms with Crippen molar-refractivity contribution in [3.63, 3.8) is 0 Å². The Morgan fingerprint density at radius 2 is 1.00 bits per heavy atom. The number of carbonyl (C=O) groups is 2. The zero-order valence-corrected chi connectivity index (χ0v) is 26.7. The SMILES string of the molecule is CC(/C=C/C=C(C)/C=C/C=C(\C)C(=O)O)=C\C=C\C=C(C)\C=C\C=C(C)\C=C\C=C(/C)C(=O)O[C@@H]1O[C@H](CO)[C@@H](O)[C@H](O)[C@H]1O. The van der Waals surface area contributed by atoms with E-state index in [-0.39, 0.29) is 11.1 Å². The molecule has 1 saturated heterocycles. The molecule has 0 aromatic heterocycles. The fourth-order valence-corrected chi connectivity index (χ4v) is 3.53. The van der Waals surface area contributed by atoms with Crippen LogP contribution in [0.25, 0.3) is 0 Å². The van der Waals surface area contributed by atoms with Gasteiger partial charge < -0.3 is 35.0 Å². The van der Waals surface area contributed by atoms with Crippen molar-refractivity contribution in [1.29, 1.82) is 0 Å². The van der Waals surface area contributed by atoms with Crippen LogP contribution in [0.3, 0.4) is 0 Å². The summed E-state index contributed by atoms with van der Waals surface area (Å²) >= 11 is 0. The smallest absolute Gasteiger partial charge is 0.336 e. The third-order valence-electron chi connectivity index (χ3n) is 6.41. The first-order valence-electron chi connectivity index (χ1n) is 14.4. The Hall–Kier alpha value is -4.12. The van der Waals surface area contributed by atoms with E-state index in [9.17, 15) is 30.0 Å². The molecule has 244 valence electrons. The summed E-state index contributed by atoms with van der Waals surface area (Å²) in [6.07, 6.45) is 22.2. The van der Waals surface area contributed by atoms with Gasteiger partial charge in [0.05, 0.1) is 6.61 Å². The van der Waals surface area contributed by atoms with E-state index in [1.807, 2.05) is 94.5 Å². The van der Waals surface area contributed by atoms with Gasteiger partial charge in [0, 0.05) is 11.1 Å². The molecular weight excluding hydrogens is 576 g/mol. The maximum Gasteiger partial charge on any atom is 0.336 e. The molecule has 0 spiro atoms. The number of esters is 1. The van der Waals surface area contributed by atoms with Gasteiger partial charge in [0.25, 0.3) is 0 Å². The van der Waals surface area contributed by atoms with Gasteiger partial charge in [0.2, 0.25) is 6.29 Å². The van der Waals surface area contributed by atoms with E-state index in [0.717, 1.165) is 22.3 Å². The third-order valence-corrected chi connectivity index (χ3v) is 6.41. The number of hydrogen-bond donors (Lipinski definition) is 5. The van der Waals surface area contributed by atoms with Gasteiger partial charge >= 0.3 is 11.9 Å². The van der Waals surface area contributed by atoms with Crippen molar-refractivity contribution in [3.05, 3.63) is 131 Å². The van der Waals surface area contributed by atoms with Crippen LogP contribution in [0.2, 0.25) is 0 Å². The van der Waals surface area contributed by atoms with Crippen LogP contribution >= 0.6 is 0 Å². The van der Waals surface area contributed by atoms with Crippen LogP contribution in [-0.4, -0.2) is 74.8 Å². The first kappa shape index (κ1) is 38.9. The van der Waals surface area contributed by atoms with E-state index in [1.165, 1.54) is 13.0 Å². The maximum atomic E-state index is 12.4. The van der Waals surface area contributed by atoms with Crippen molar-refractivity contribution in [2.45, 2.75) is 72.2 Å². The standard InChI is InChI=1S/C36H46O9/c1-24(15-9-17-26(3)19-11-21-28(5)34(41)42)13-7-8-14-25(2)16-10-18-27(4)20-12-22-29(6)35(43)45-36-33(40)32(39)31(38)30(23-37)44-36/h7-22,30-33,36-40H,23H2,1-6H3,(H,41,42)/b8-7+,15-9+,16-10+,19-11+,20-12+,24-13+,25-14+,26-17+,27-18+,28-21+,29-22+/t30-,31-,32+,33-,36+/m1/s1. The van der Waals surface area contributed by atoms with Crippen molar-refractivity contribution in [1.82, 2.24) is 0 Å². The van der Waals surface area contributed by atoms with Crippen LogP contribution in [0.5, 0.6) is 0 Å². The van der Waals surface area contributed by atoms with Gasteiger partial charge in [-0.15, -0.1) is 0 Å². The lowest BCUT2D eigenvalue weighted by Crippen LogP contribution is -2.59. The molecule has 0 aliphatic carbocycles. The number of hydrogen-bond acceptors (Lipinski definition) is 8. The average Bonchev–Trinajstić information content (AvgIpc) is 2.99. The number of rotatable bonds is 14. The number of allylic oxidation sites excluding steroid dienone is 20. The second kappa shape index (κ2) is 20.8. The van der Waals surface area contributed by atoms with Crippen molar-refractivity contribution < 1.29 is 44.6 Å². The minimum Gasteiger partial charge on any atom is -0.478 e. The van der Waals surface area contributed by atoms with Crippen LogP contribution in [-0.2, 0) is 19.1 Å². The Morgan fingerprint density at radius 3 is 1.42 bits per heavy atom. The Kier molecular flexibility index (Phi) is 18.0. The molecule has 0 unspecified atom stereocenters. The number of aliphatic carboxylic acids is 1. The van der Waals surface area contributed by atoms with E-state index in [1.54, 1.807) is 31.2 Å². The molecular formula is C36H46O9. The Labute approximate surface area is 265 Å². The van der Waals surface area contributed by atoms with Gasteiger partial charge in [-0.25, -0.2) is 9.59 Å². The van der Waals surface area contributed by atoms with Crippen LogP contribution in [0, 0.1) is 0 Å². The summed E-state index contributed by atoms with van der Waals surface area (Å²) in [6, 6.07) is 0. The molecule has 5 N–H and O–H groups in total. The van der Waals surface area contributed by atoms with Crippen LogP contribution in [0.15, 0.2) is 131 Å². The Balaban J connectivity index is 2.61. The maximum absolute atomic E-state index is 12.4. The topological polar surface area (TPSA) is 154 Å². The molecule has 1 aliphatic heterocycles. The van der Waals surface area contributed by atoms with Gasteiger partial charge in [-0.1, -0.05) is 120 Å². The second-order valence-corrected chi connectivity index (χ2v) is 10.6. The lowest BCUT2D eigenvalue weighted by Gasteiger charge is -2.39. The van der Waals surface area contributed by atoms with E-state index < -0.39 is 49.3 Å². The highest BCUT2D eigenvalue weighted by atomic mass is 16.7. The van der Waals surface area contributed by atoms with Crippen molar-refractivity contribution in [2.75, 3.05) is 6.61 Å². The van der Waals surface area contributed by atoms with Gasteiger partial charge in [0.1, 0.15) is 24.4 Å². The fourth-order valence-electron chi connectivity index (χ4n) is 3.53. The van der Waals surface area contributed by atoms with Gasteiger partial charge in [0.15, 0.2) is 0 Å². The summed E-state index contributed by atoms with van der Waals surface area (Å²) in [5, 5.41) is 47.8. The summed E-state index contributed by atoms with van der Waals surface area (Å²) in [7, 11) is 0. The quantitative estimate of drug-likeness (QED) is 0.104. The monoisotopic (exact) mass is 622 g/mol. The largest absolute Gasteiger partial charge is 0.478 e. The highest BCUT2D eigenvalue weighted by molar-refractivity contribution is 5.88. The lowest BCUT2D eigenvalue weighted by molar-refractivity contribution is -0.291. The summed E-state index contributed by atoms with van der Waals surface area (Å²) in [5.74, 6) is -1.71. The number of ether oxygens (including phenoxy) is 2. The molecule has 0 radical (unpaired) electrons. The number of carboxylic acid groups (broad SMARTS) is 1. The molecule has 1 rings (SSSR count). The number of aliphatic hydroxyl groups is 4. The lowest BCUT2D eigenvalue weighted by atomic mass is 9.99. The molecule has 1 aliphatic rings. The van der Waals surface area contributed by atoms with Crippen LogP contribution in [0.1, 0.15) is 41.5 Å². The molecule has 9 nitrogen and oxygen atoms in total. The van der Waals surface area contributed by atoms with Gasteiger partial charge in [-0.3, -0.25) is 0 Å². The van der Waals surface area contributed by atoms with Gasteiger partial charge in [-0.2, -0.15) is 0 Å². The predicted octanol–water partition coefficient (Wildman–Crippen LogP) is 4.87. The molecule has 0 bridgehead atoms. The summed E-state index contributed by atoms with van der Waals surface area (Å²) < 4.78 is 10.3. The summed E-state index contributed by atoms with van der Waals surface area (Å²) in [5.41, 5.74) is 4.54. The first-order chi connectivity index (χ1) is 21.3. The van der Waals surface area contributed by atoms with E-state index in [0.29, 0.717) is 0 Å². The minimum absolute atomic E-state index is 0.221. The summed E-state index contributed by atoms with van der Waals surface area (Å²) in [4.78, 5) is 23.1. The van der Waals surface area contributed by atoms with Crippen LogP contribution < -0.4 is 0 Å². The molecule has 0 amide bonds. The van der Waals surface area contributed by atoms with Crippen molar-refractivity contribution in [2.24, 2.45) is 0 Å². The number of carboxylic acids is 1. The molecule has 0 aromatic rings. The zero-order chi connectivity index (χ0) is 33.9.